The summed E-state index contributed by atoms with van der Waals surface area (Å²) in [6, 6.07) is 14.6. The molecule has 2 aromatic rings. The van der Waals surface area contributed by atoms with Crippen LogP contribution in [0.25, 0.3) is 0 Å². The van der Waals surface area contributed by atoms with E-state index in [0.29, 0.717) is 5.69 Å². The molecule has 0 aliphatic carbocycles. The summed E-state index contributed by atoms with van der Waals surface area (Å²) in [7, 11) is 0. The number of carbonyl (C=O) groups excluding carboxylic acids is 1. The molecule has 0 bridgehead atoms. The molecule has 3 N–H and O–H groups in total. The summed E-state index contributed by atoms with van der Waals surface area (Å²) < 4.78 is 5.06. The molecule has 0 radical (unpaired) electrons. The Morgan fingerprint density at radius 1 is 1.17 bits per heavy atom. The molecule has 0 fully saturated rings. The second-order valence-electron chi connectivity index (χ2n) is 5.49. The number of aromatic nitrogens is 1. The number of hydrogen-bond acceptors (Lipinski definition) is 5. The fourth-order valence-corrected chi connectivity index (χ4v) is 2.18. The van der Waals surface area contributed by atoms with Crippen LogP contribution in [-0.2, 0) is 11.3 Å². The Morgan fingerprint density at radius 2 is 1.92 bits per heavy atom. The Labute approximate surface area is 141 Å². The van der Waals surface area contributed by atoms with E-state index in [1.165, 1.54) is 0 Å². The number of amides is 1. The van der Waals surface area contributed by atoms with Crippen LogP contribution < -0.4 is 5.32 Å². The van der Waals surface area contributed by atoms with Crippen LogP contribution in [0.5, 0.6) is 0 Å². The summed E-state index contributed by atoms with van der Waals surface area (Å²) in [4.78, 5) is 15.8. The van der Waals surface area contributed by atoms with E-state index in [4.69, 9.17) is 4.74 Å². The van der Waals surface area contributed by atoms with Crippen molar-refractivity contribution in [2.24, 2.45) is 0 Å². The third-order valence-corrected chi connectivity index (χ3v) is 3.50. The van der Waals surface area contributed by atoms with E-state index < -0.39 is 18.3 Å². The van der Waals surface area contributed by atoms with E-state index in [1.807, 2.05) is 43.3 Å². The lowest BCUT2D eigenvalue weighted by Crippen LogP contribution is -2.30. The molecule has 0 spiro atoms. The summed E-state index contributed by atoms with van der Waals surface area (Å²) in [5, 5.41) is 22.6. The molecule has 128 valence electrons. The molecular formula is C18H22N2O4. The number of nitrogens with one attached hydrogen (secondary N) is 1. The van der Waals surface area contributed by atoms with E-state index in [2.05, 4.69) is 10.3 Å². The highest BCUT2D eigenvalue weighted by Gasteiger charge is 2.19. The van der Waals surface area contributed by atoms with Gasteiger partial charge in [0.2, 0.25) is 0 Å². The van der Waals surface area contributed by atoms with Crippen LogP contribution in [-0.4, -0.2) is 33.9 Å². The normalized spacial score (nSPS) is 13.1. The van der Waals surface area contributed by atoms with Crippen LogP contribution >= 0.6 is 0 Å². The van der Waals surface area contributed by atoms with Crippen molar-refractivity contribution in [3.63, 3.8) is 0 Å². The van der Waals surface area contributed by atoms with Crippen molar-refractivity contribution in [3.8, 4) is 0 Å². The highest BCUT2D eigenvalue weighted by atomic mass is 16.5. The molecule has 1 aromatic carbocycles. The van der Waals surface area contributed by atoms with Crippen molar-refractivity contribution < 1.29 is 19.7 Å². The Morgan fingerprint density at radius 3 is 2.62 bits per heavy atom. The summed E-state index contributed by atoms with van der Waals surface area (Å²) in [6.07, 6.45) is -2.48. The van der Waals surface area contributed by atoms with Crippen LogP contribution in [0, 0.1) is 6.92 Å². The third-order valence-electron chi connectivity index (χ3n) is 3.50. The van der Waals surface area contributed by atoms with Gasteiger partial charge >= 0.3 is 6.09 Å². The smallest absolute Gasteiger partial charge is 0.407 e. The second-order valence-corrected chi connectivity index (χ2v) is 5.49. The molecule has 2 atom stereocenters. The van der Waals surface area contributed by atoms with E-state index in [-0.39, 0.29) is 19.6 Å². The minimum absolute atomic E-state index is 0.186. The molecule has 24 heavy (non-hydrogen) atoms. The zero-order valence-electron chi connectivity index (χ0n) is 13.6. The average Bonchev–Trinajstić information content (AvgIpc) is 2.60. The van der Waals surface area contributed by atoms with E-state index in [9.17, 15) is 15.0 Å². The van der Waals surface area contributed by atoms with Crippen molar-refractivity contribution in [3.05, 3.63) is 65.5 Å². The molecule has 6 nitrogen and oxygen atoms in total. The standard InChI is InChI=1S/C18H22N2O4/c1-13-6-5-9-15(20-13)17(22)16(21)10-11-19-18(23)24-12-14-7-3-2-4-8-14/h2-9,16-17,21-22H,10-12H2,1H3,(H,19,23). The number of alkyl carbamates (subject to hydrolysis) is 1. The van der Waals surface area contributed by atoms with E-state index in [0.717, 1.165) is 11.3 Å². The molecule has 0 saturated heterocycles. The fourth-order valence-electron chi connectivity index (χ4n) is 2.18. The Hall–Kier alpha value is -2.44. The van der Waals surface area contributed by atoms with Gasteiger partial charge in [0, 0.05) is 12.2 Å². The van der Waals surface area contributed by atoms with Crippen LogP contribution in [0.15, 0.2) is 48.5 Å². The van der Waals surface area contributed by atoms with Gasteiger partial charge in [-0.2, -0.15) is 0 Å². The Balaban J connectivity index is 1.70. The molecule has 6 heteroatoms. The third kappa shape index (κ3) is 5.64. The Kier molecular flexibility index (Phi) is 6.72. The first-order valence-electron chi connectivity index (χ1n) is 7.80. The maximum atomic E-state index is 11.6. The highest BCUT2D eigenvalue weighted by Crippen LogP contribution is 2.16. The number of pyridine rings is 1. The molecule has 1 heterocycles. The van der Waals surface area contributed by atoms with Crippen LogP contribution in [0.3, 0.4) is 0 Å². The predicted octanol–water partition coefficient (Wildman–Crippen LogP) is 2.10. The topological polar surface area (TPSA) is 91.7 Å². The van der Waals surface area contributed by atoms with E-state index >= 15 is 0 Å². The van der Waals surface area contributed by atoms with Crippen LogP contribution in [0.1, 0.15) is 29.5 Å². The summed E-state index contributed by atoms with van der Waals surface area (Å²) in [5.74, 6) is 0. The molecule has 2 unspecified atom stereocenters. The van der Waals surface area contributed by atoms with Crippen molar-refractivity contribution in [2.75, 3.05) is 6.54 Å². The van der Waals surface area contributed by atoms with Gasteiger partial charge in [-0.3, -0.25) is 4.98 Å². The van der Waals surface area contributed by atoms with Crippen molar-refractivity contribution in [1.29, 1.82) is 0 Å². The molecule has 1 aromatic heterocycles. The number of aliphatic hydroxyl groups excluding tert-OH is 2. The van der Waals surface area contributed by atoms with Crippen molar-refractivity contribution in [2.45, 2.75) is 32.2 Å². The Bertz CT molecular complexity index is 648. The molecular weight excluding hydrogens is 308 g/mol. The maximum absolute atomic E-state index is 11.6. The number of nitrogens with zero attached hydrogens (tertiary/aromatic N) is 1. The largest absolute Gasteiger partial charge is 0.445 e. The number of carbonyl (C=O) groups is 1. The monoisotopic (exact) mass is 330 g/mol. The fraction of sp³-hybridized carbons (Fsp3) is 0.333. The summed E-state index contributed by atoms with van der Waals surface area (Å²) >= 11 is 0. The van der Waals surface area contributed by atoms with Crippen LogP contribution in [0.2, 0.25) is 0 Å². The summed E-state index contributed by atoms with van der Waals surface area (Å²) in [5.41, 5.74) is 2.07. The quantitative estimate of drug-likeness (QED) is 0.723. The first-order chi connectivity index (χ1) is 11.6. The number of rotatable bonds is 7. The molecule has 0 aliphatic rings. The van der Waals surface area contributed by atoms with Gasteiger partial charge in [-0.05, 0) is 31.0 Å². The SMILES string of the molecule is Cc1cccc(C(O)C(O)CCNC(=O)OCc2ccccc2)n1. The lowest BCUT2D eigenvalue weighted by atomic mass is 10.1. The zero-order valence-corrected chi connectivity index (χ0v) is 13.6. The number of benzene rings is 1. The molecule has 0 aliphatic heterocycles. The molecule has 2 rings (SSSR count). The average molecular weight is 330 g/mol. The lowest BCUT2D eigenvalue weighted by molar-refractivity contribution is 0.0111. The van der Waals surface area contributed by atoms with Gasteiger partial charge in [-0.1, -0.05) is 36.4 Å². The lowest BCUT2D eigenvalue weighted by Gasteiger charge is -2.17. The minimum Gasteiger partial charge on any atom is -0.445 e. The van der Waals surface area contributed by atoms with Gasteiger partial charge in [0.05, 0.1) is 11.8 Å². The number of ether oxygens (including phenoxy) is 1. The van der Waals surface area contributed by atoms with Gasteiger partial charge in [-0.15, -0.1) is 0 Å². The van der Waals surface area contributed by atoms with Crippen molar-refractivity contribution >= 4 is 6.09 Å². The first-order valence-corrected chi connectivity index (χ1v) is 7.80. The number of aryl methyl sites for hydroxylation is 1. The predicted molar refractivity (Wildman–Crippen MR) is 89.2 cm³/mol. The maximum Gasteiger partial charge on any atom is 0.407 e. The van der Waals surface area contributed by atoms with E-state index in [1.54, 1.807) is 12.1 Å². The highest BCUT2D eigenvalue weighted by molar-refractivity contribution is 5.67. The second kappa shape index (κ2) is 9.00. The van der Waals surface area contributed by atoms with Gasteiger partial charge < -0.3 is 20.3 Å². The molecule has 0 saturated carbocycles. The minimum atomic E-state index is -1.09. The van der Waals surface area contributed by atoms with Gasteiger partial charge in [0.25, 0.3) is 0 Å². The summed E-state index contributed by atoms with van der Waals surface area (Å²) in [6.45, 7) is 2.19. The van der Waals surface area contributed by atoms with Gasteiger partial charge in [-0.25, -0.2) is 4.79 Å². The number of aliphatic hydroxyl groups is 2. The van der Waals surface area contributed by atoms with Gasteiger partial charge in [0.15, 0.2) is 0 Å². The van der Waals surface area contributed by atoms with Gasteiger partial charge in [0.1, 0.15) is 12.7 Å². The number of hydrogen-bond donors (Lipinski definition) is 3. The molecule has 1 amide bonds. The first kappa shape index (κ1) is 17.9. The zero-order chi connectivity index (χ0) is 17.4. The van der Waals surface area contributed by atoms with Crippen molar-refractivity contribution in [1.82, 2.24) is 10.3 Å². The van der Waals surface area contributed by atoms with Crippen LogP contribution in [0.4, 0.5) is 4.79 Å².